The van der Waals surface area contributed by atoms with Crippen molar-refractivity contribution >= 4 is 11.6 Å². The van der Waals surface area contributed by atoms with Crippen LogP contribution in [0.5, 0.6) is 5.75 Å². The summed E-state index contributed by atoms with van der Waals surface area (Å²) in [5.74, 6) is -1.19. The molecule has 1 atom stereocenters. The van der Waals surface area contributed by atoms with Crippen LogP contribution < -0.4 is 20.8 Å². The van der Waals surface area contributed by atoms with Crippen molar-refractivity contribution in [3.63, 3.8) is 0 Å². The highest BCUT2D eigenvalue weighted by atomic mass is 16.5. The number of para-hydroxylation sites is 1. The summed E-state index contributed by atoms with van der Waals surface area (Å²) in [7, 11) is 0. The van der Waals surface area contributed by atoms with E-state index in [1.807, 2.05) is 13.0 Å². The summed E-state index contributed by atoms with van der Waals surface area (Å²) in [4.78, 5) is 27.8. The van der Waals surface area contributed by atoms with Crippen LogP contribution >= 0.6 is 0 Å². The fraction of sp³-hybridized carbons (Fsp3) is 0.250. The van der Waals surface area contributed by atoms with E-state index in [1.54, 1.807) is 29.2 Å². The van der Waals surface area contributed by atoms with E-state index in [-0.39, 0.29) is 28.7 Å². The summed E-state index contributed by atoms with van der Waals surface area (Å²) < 4.78 is 11.1. The first-order valence-electron chi connectivity index (χ1n) is 8.78. The van der Waals surface area contributed by atoms with Crippen LogP contribution in [-0.2, 0) is 16.8 Å². The van der Waals surface area contributed by atoms with Gasteiger partial charge in [-0.2, -0.15) is 5.26 Å². The van der Waals surface area contributed by atoms with Crippen molar-refractivity contribution in [2.24, 2.45) is 5.73 Å². The fourth-order valence-electron chi connectivity index (χ4n) is 3.91. The number of hydrogen-bond donors (Lipinski definition) is 2. The number of fused-ring (bicyclic) bond motifs is 4. The van der Waals surface area contributed by atoms with Crippen molar-refractivity contribution in [1.29, 1.82) is 5.26 Å². The minimum absolute atomic E-state index is 0.0382. The van der Waals surface area contributed by atoms with Gasteiger partial charge >= 0.3 is 0 Å². The molecule has 0 radical (unpaired) electrons. The zero-order valence-electron chi connectivity index (χ0n) is 15.1. The van der Waals surface area contributed by atoms with Gasteiger partial charge in [0.05, 0.1) is 0 Å². The minimum Gasteiger partial charge on any atom is -0.457 e. The number of hydrogen-bond acceptors (Lipinski definition) is 7. The third-order valence-corrected chi connectivity index (χ3v) is 5.01. The summed E-state index contributed by atoms with van der Waals surface area (Å²) in [6.45, 7) is 1.79. The number of amides is 1. The third-order valence-electron chi connectivity index (χ3n) is 5.01. The molecule has 0 saturated carbocycles. The molecular weight excluding hydrogens is 362 g/mol. The van der Waals surface area contributed by atoms with Crippen LogP contribution in [0.2, 0.25) is 0 Å². The smallest absolute Gasteiger partial charge is 0.251 e. The highest BCUT2D eigenvalue weighted by molar-refractivity contribution is 6.13. The average Bonchev–Trinajstić information content (AvgIpc) is 2.93. The van der Waals surface area contributed by atoms with Gasteiger partial charge in [-0.05, 0) is 12.5 Å². The van der Waals surface area contributed by atoms with E-state index in [2.05, 4.69) is 0 Å². The summed E-state index contributed by atoms with van der Waals surface area (Å²) >= 11 is 0. The Morgan fingerprint density at radius 2 is 2.07 bits per heavy atom. The van der Waals surface area contributed by atoms with Crippen molar-refractivity contribution in [2.75, 3.05) is 11.4 Å². The Labute approximate surface area is 160 Å². The largest absolute Gasteiger partial charge is 0.457 e. The van der Waals surface area contributed by atoms with Crippen LogP contribution in [-0.4, -0.2) is 17.6 Å². The highest BCUT2D eigenvalue weighted by Crippen LogP contribution is 2.54. The molecule has 1 unspecified atom stereocenters. The molecule has 0 bridgehead atoms. The topological polar surface area (TPSA) is 130 Å². The standard InChI is InChI=1S/C20H17N3O5/c1-2-7-23-14-6-4-3-5-12(14)20(19(23)26)13(9-21)18(22)28-16-15(25)8-11(10-24)27-17(16)20/h3-6,8,24H,2,7,10,22H2,1H3. The van der Waals surface area contributed by atoms with E-state index in [0.717, 1.165) is 6.07 Å². The molecule has 142 valence electrons. The number of rotatable bonds is 3. The Morgan fingerprint density at radius 3 is 2.75 bits per heavy atom. The third kappa shape index (κ3) is 2.08. The van der Waals surface area contributed by atoms with E-state index in [1.165, 1.54) is 0 Å². The van der Waals surface area contributed by atoms with Crippen LogP contribution in [0.1, 0.15) is 30.4 Å². The molecule has 8 nitrogen and oxygen atoms in total. The van der Waals surface area contributed by atoms with E-state index >= 15 is 0 Å². The lowest BCUT2D eigenvalue weighted by atomic mass is 9.72. The first-order chi connectivity index (χ1) is 13.5. The molecular formula is C20H17N3O5. The Morgan fingerprint density at radius 1 is 1.32 bits per heavy atom. The summed E-state index contributed by atoms with van der Waals surface area (Å²) in [5.41, 5.74) is 4.59. The van der Waals surface area contributed by atoms with Gasteiger partial charge in [-0.25, -0.2) is 0 Å². The maximum Gasteiger partial charge on any atom is 0.251 e. The summed E-state index contributed by atoms with van der Waals surface area (Å²) in [6.07, 6.45) is 0.682. The summed E-state index contributed by atoms with van der Waals surface area (Å²) in [6, 6.07) is 10.0. The number of aliphatic hydroxyl groups is 1. The van der Waals surface area contributed by atoms with Crippen molar-refractivity contribution in [2.45, 2.75) is 25.4 Å². The van der Waals surface area contributed by atoms with Crippen molar-refractivity contribution in [3.05, 3.63) is 69.1 Å². The number of nitrogens with zero attached hydrogens (tertiary/aromatic N) is 2. The number of aliphatic hydroxyl groups excluding tert-OH is 1. The maximum absolute atomic E-state index is 13.7. The van der Waals surface area contributed by atoms with E-state index < -0.39 is 23.4 Å². The molecule has 1 spiro atoms. The molecule has 4 rings (SSSR count). The zero-order valence-corrected chi connectivity index (χ0v) is 15.1. The zero-order chi connectivity index (χ0) is 20.1. The van der Waals surface area contributed by atoms with E-state index in [0.29, 0.717) is 24.2 Å². The Balaban J connectivity index is 2.17. The summed E-state index contributed by atoms with van der Waals surface area (Å²) in [5, 5.41) is 19.4. The quantitative estimate of drug-likeness (QED) is 0.821. The van der Waals surface area contributed by atoms with Gasteiger partial charge in [0.1, 0.15) is 24.0 Å². The maximum atomic E-state index is 13.7. The Bertz CT molecular complexity index is 1130. The second-order valence-electron chi connectivity index (χ2n) is 6.57. The van der Waals surface area contributed by atoms with Crippen LogP contribution in [0.3, 0.4) is 0 Å². The van der Waals surface area contributed by atoms with Crippen LogP contribution in [0, 0.1) is 11.3 Å². The SMILES string of the molecule is CCCN1C(=O)C2(C(C#N)=C(N)Oc3c2oc(CO)cc3=O)c2ccccc21. The van der Waals surface area contributed by atoms with Gasteiger partial charge in [-0.1, -0.05) is 25.1 Å². The Kier molecular flexibility index (Phi) is 3.98. The molecule has 0 aliphatic carbocycles. The fourth-order valence-corrected chi connectivity index (χ4v) is 3.91. The van der Waals surface area contributed by atoms with Gasteiger partial charge < -0.3 is 24.9 Å². The molecule has 3 N–H and O–H groups in total. The highest BCUT2D eigenvalue weighted by Gasteiger charge is 2.61. The van der Waals surface area contributed by atoms with Gasteiger partial charge in [-0.3, -0.25) is 9.59 Å². The van der Waals surface area contributed by atoms with Crippen molar-refractivity contribution < 1.29 is 19.1 Å². The molecule has 1 amide bonds. The molecule has 1 aromatic heterocycles. The number of nitriles is 1. The average molecular weight is 379 g/mol. The number of ether oxygens (including phenoxy) is 1. The first kappa shape index (κ1) is 17.8. The predicted octanol–water partition coefficient (Wildman–Crippen LogP) is 1.26. The van der Waals surface area contributed by atoms with Crippen LogP contribution in [0.25, 0.3) is 0 Å². The lowest BCUT2D eigenvalue weighted by Gasteiger charge is -2.32. The first-order valence-corrected chi connectivity index (χ1v) is 8.78. The van der Waals surface area contributed by atoms with Crippen molar-refractivity contribution in [1.82, 2.24) is 0 Å². The van der Waals surface area contributed by atoms with Gasteiger partial charge in [-0.15, -0.1) is 0 Å². The lowest BCUT2D eigenvalue weighted by Crippen LogP contribution is -2.47. The number of benzene rings is 1. The minimum atomic E-state index is -1.73. The molecule has 2 aromatic rings. The molecule has 0 saturated heterocycles. The van der Waals surface area contributed by atoms with Crippen molar-refractivity contribution in [3.8, 4) is 11.8 Å². The molecule has 2 aliphatic rings. The molecule has 8 heteroatoms. The number of nitrogens with two attached hydrogens (primary N) is 1. The van der Waals surface area contributed by atoms with Gasteiger partial charge in [0.15, 0.2) is 11.2 Å². The molecule has 28 heavy (non-hydrogen) atoms. The van der Waals surface area contributed by atoms with E-state index in [9.17, 15) is 20.0 Å². The second kappa shape index (κ2) is 6.25. The second-order valence-corrected chi connectivity index (χ2v) is 6.57. The normalized spacial score (nSPS) is 20.0. The monoisotopic (exact) mass is 379 g/mol. The van der Waals surface area contributed by atoms with Crippen LogP contribution in [0.4, 0.5) is 5.69 Å². The molecule has 0 fully saturated rings. The van der Waals surface area contributed by atoms with Gasteiger partial charge in [0, 0.05) is 23.9 Å². The lowest BCUT2D eigenvalue weighted by molar-refractivity contribution is -0.121. The number of anilines is 1. The van der Waals surface area contributed by atoms with Crippen LogP contribution in [0.15, 0.2) is 51.0 Å². The predicted molar refractivity (Wildman–Crippen MR) is 98.2 cm³/mol. The molecule has 2 aliphatic heterocycles. The Hall–Kier alpha value is -3.57. The van der Waals surface area contributed by atoms with Gasteiger partial charge in [0.2, 0.25) is 17.1 Å². The molecule has 3 heterocycles. The number of carbonyl (C=O) groups excluding carboxylic acids is 1. The van der Waals surface area contributed by atoms with Gasteiger partial charge in [0.25, 0.3) is 5.91 Å². The number of carbonyl (C=O) groups is 1. The van der Waals surface area contributed by atoms with E-state index in [4.69, 9.17) is 14.9 Å². The molecule has 1 aromatic carbocycles.